The van der Waals surface area contributed by atoms with Crippen molar-refractivity contribution >= 4 is 0 Å². The van der Waals surface area contributed by atoms with Gasteiger partial charge in [-0.2, -0.15) is 0 Å². The van der Waals surface area contributed by atoms with E-state index in [2.05, 4.69) is 13.8 Å². The van der Waals surface area contributed by atoms with Crippen molar-refractivity contribution in [1.29, 1.82) is 0 Å². The summed E-state index contributed by atoms with van der Waals surface area (Å²) in [7, 11) is 0. The number of hydrogen-bond acceptors (Lipinski definition) is 3. The standard InChI is InChI=1S/C18H32O3/c1-13-3-5-15(6-4-13)16-7-9-17(10-8-16)21-18-19-11-14(2)12-20-18/h13-18H,3-12H2,1-2H3. The molecule has 3 heteroatoms. The lowest BCUT2D eigenvalue weighted by molar-refractivity contribution is -0.337. The van der Waals surface area contributed by atoms with Gasteiger partial charge in [0.15, 0.2) is 0 Å². The van der Waals surface area contributed by atoms with Gasteiger partial charge in [-0.25, -0.2) is 0 Å². The van der Waals surface area contributed by atoms with Gasteiger partial charge in [0.2, 0.25) is 0 Å². The molecule has 3 aliphatic rings. The molecule has 0 bridgehead atoms. The lowest BCUT2D eigenvalue weighted by atomic mass is 9.71. The van der Waals surface area contributed by atoms with Crippen molar-refractivity contribution < 1.29 is 14.2 Å². The molecule has 0 atom stereocenters. The summed E-state index contributed by atoms with van der Waals surface area (Å²) in [5.74, 6) is 3.40. The van der Waals surface area contributed by atoms with Crippen LogP contribution in [0.2, 0.25) is 0 Å². The Balaban J connectivity index is 1.37. The molecule has 0 radical (unpaired) electrons. The summed E-state index contributed by atoms with van der Waals surface area (Å²) in [6.45, 7) is 5.68. The van der Waals surface area contributed by atoms with Gasteiger partial charge in [-0.3, -0.25) is 0 Å². The van der Waals surface area contributed by atoms with Gasteiger partial charge in [-0.15, -0.1) is 0 Å². The molecule has 1 aliphatic heterocycles. The normalized spacial score (nSPS) is 45.4. The number of rotatable bonds is 3. The van der Waals surface area contributed by atoms with Crippen LogP contribution in [0.15, 0.2) is 0 Å². The predicted molar refractivity (Wildman–Crippen MR) is 82.8 cm³/mol. The Labute approximate surface area is 129 Å². The molecule has 1 saturated heterocycles. The van der Waals surface area contributed by atoms with Gasteiger partial charge in [0, 0.05) is 5.92 Å². The molecule has 0 amide bonds. The molecule has 3 nitrogen and oxygen atoms in total. The molecular weight excluding hydrogens is 264 g/mol. The molecule has 0 spiro atoms. The van der Waals surface area contributed by atoms with E-state index in [9.17, 15) is 0 Å². The van der Waals surface area contributed by atoms with Crippen LogP contribution in [-0.4, -0.2) is 25.8 Å². The third-order valence-corrected chi connectivity index (χ3v) is 5.78. The zero-order valence-corrected chi connectivity index (χ0v) is 13.8. The van der Waals surface area contributed by atoms with Crippen LogP contribution in [0.1, 0.15) is 65.2 Å². The summed E-state index contributed by atoms with van der Waals surface area (Å²) in [5, 5.41) is 0. The molecule has 122 valence electrons. The van der Waals surface area contributed by atoms with E-state index in [1.807, 2.05) is 0 Å². The molecule has 2 saturated carbocycles. The van der Waals surface area contributed by atoms with Crippen LogP contribution in [0.5, 0.6) is 0 Å². The number of ether oxygens (including phenoxy) is 3. The van der Waals surface area contributed by atoms with Crippen molar-refractivity contribution in [3.05, 3.63) is 0 Å². The SMILES string of the molecule is CC1CCC(C2CCC(OC3OCC(C)CO3)CC2)CC1. The summed E-state index contributed by atoms with van der Waals surface area (Å²) in [5.41, 5.74) is 0. The lowest BCUT2D eigenvalue weighted by Gasteiger charge is -2.38. The van der Waals surface area contributed by atoms with Gasteiger partial charge in [-0.1, -0.05) is 26.7 Å². The first kappa shape index (κ1) is 15.8. The minimum Gasteiger partial charge on any atom is -0.330 e. The summed E-state index contributed by atoms with van der Waals surface area (Å²) in [6, 6.07) is 0. The van der Waals surface area contributed by atoms with Crippen LogP contribution in [-0.2, 0) is 14.2 Å². The Hall–Kier alpha value is -0.120. The van der Waals surface area contributed by atoms with Gasteiger partial charge in [0.05, 0.1) is 19.3 Å². The zero-order valence-electron chi connectivity index (χ0n) is 13.8. The van der Waals surface area contributed by atoms with Gasteiger partial charge in [0.1, 0.15) is 0 Å². The Kier molecular flexibility index (Phi) is 5.58. The third kappa shape index (κ3) is 4.43. The molecule has 21 heavy (non-hydrogen) atoms. The van der Waals surface area contributed by atoms with E-state index >= 15 is 0 Å². The molecular formula is C18H32O3. The quantitative estimate of drug-likeness (QED) is 0.774. The fourth-order valence-corrected chi connectivity index (χ4v) is 4.27. The van der Waals surface area contributed by atoms with Crippen molar-refractivity contribution in [3.8, 4) is 0 Å². The molecule has 0 aromatic rings. The van der Waals surface area contributed by atoms with Crippen molar-refractivity contribution in [2.45, 2.75) is 77.8 Å². The van der Waals surface area contributed by atoms with Crippen LogP contribution >= 0.6 is 0 Å². The molecule has 3 rings (SSSR count). The summed E-state index contributed by atoms with van der Waals surface area (Å²) >= 11 is 0. The van der Waals surface area contributed by atoms with Crippen LogP contribution in [0.4, 0.5) is 0 Å². The van der Waals surface area contributed by atoms with E-state index in [0.29, 0.717) is 12.0 Å². The molecule has 1 heterocycles. The van der Waals surface area contributed by atoms with Crippen molar-refractivity contribution in [3.63, 3.8) is 0 Å². The number of hydrogen-bond donors (Lipinski definition) is 0. The van der Waals surface area contributed by atoms with Gasteiger partial charge in [-0.05, 0) is 56.3 Å². The maximum atomic E-state index is 5.99. The van der Waals surface area contributed by atoms with E-state index in [1.54, 1.807) is 0 Å². The summed E-state index contributed by atoms with van der Waals surface area (Å²) < 4.78 is 17.2. The highest BCUT2D eigenvalue weighted by Crippen LogP contribution is 2.40. The molecule has 0 aromatic carbocycles. The Morgan fingerprint density at radius 3 is 1.76 bits per heavy atom. The molecule has 0 aromatic heterocycles. The largest absolute Gasteiger partial charge is 0.330 e. The molecule has 2 aliphatic carbocycles. The Morgan fingerprint density at radius 2 is 1.19 bits per heavy atom. The topological polar surface area (TPSA) is 27.7 Å². The first-order chi connectivity index (χ1) is 10.2. The van der Waals surface area contributed by atoms with E-state index in [0.717, 1.165) is 31.0 Å². The third-order valence-electron chi connectivity index (χ3n) is 5.78. The van der Waals surface area contributed by atoms with Crippen molar-refractivity contribution in [2.24, 2.45) is 23.7 Å². The molecule has 0 unspecified atom stereocenters. The first-order valence-corrected chi connectivity index (χ1v) is 9.09. The fraction of sp³-hybridized carbons (Fsp3) is 1.00. The second-order valence-electron chi connectivity index (χ2n) is 7.75. The smallest absolute Gasteiger partial charge is 0.271 e. The monoisotopic (exact) mass is 296 g/mol. The molecule has 3 fully saturated rings. The lowest BCUT2D eigenvalue weighted by Crippen LogP contribution is -2.37. The average Bonchev–Trinajstić information content (AvgIpc) is 2.51. The second kappa shape index (κ2) is 7.43. The van der Waals surface area contributed by atoms with Gasteiger partial charge < -0.3 is 14.2 Å². The van der Waals surface area contributed by atoms with Crippen molar-refractivity contribution in [2.75, 3.05) is 13.2 Å². The first-order valence-electron chi connectivity index (χ1n) is 9.09. The van der Waals surface area contributed by atoms with Crippen LogP contribution in [0, 0.1) is 23.7 Å². The van der Waals surface area contributed by atoms with Gasteiger partial charge >= 0.3 is 0 Å². The minimum atomic E-state index is -0.404. The van der Waals surface area contributed by atoms with E-state index < -0.39 is 6.48 Å². The highest BCUT2D eigenvalue weighted by molar-refractivity contribution is 4.81. The van der Waals surface area contributed by atoms with E-state index in [-0.39, 0.29) is 0 Å². The minimum absolute atomic E-state index is 0.349. The molecule has 0 N–H and O–H groups in total. The van der Waals surface area contributed by atoms with E-state index in [1.165, 1.54) is 51.4 Å². The fourth-order valence-electron chi connectivity index (χ4n) is 4.27. The summed E-state index contributed by atoms with van der Waals surface area (Å²) in [4.78, 5) is 0. The highest BCUT2D eigenvalue weighted by Gasteiger charge is 2.32. The maximum Gasteiger partial charge on any atom is 0.271 e. The highest BCUT2D eigenvalue weighted by atomic mass is 16.8. The van der Waals surface area contributed by atoms with Gasteiger partial charge in [0.25, 0.3) is 6.48 Å². The Morgan fingerprint density at radius 1 is 0.667 bits per heavy atom. The van der Waals surface area contributed by atoms with Crippen LogP contribution < -0.4 is 0 Å². The summed E-state index contributed by atoms with van der Waals surface area (Å²) in [6.07, 6.45) is 11.2. The average molecular weight is 296 g/mol. The second-order valence-corrected chi connectivity index (χ2v) is 7.75. The Bertz CT molecular complexity index is 296. The van der Waals surface area contributed by atoms with Crippen LogP contribution in [0.3, 0.4) is 0 Å². The van der Waals surface area contributed by atoms with E-state index in [4.69, 9.17) is 14.2 Å². The van der Waals surface area contributed by atoms with Crippen LogP contribution in [0.25, 0.3) is 0 Å². The predicted octanol–water partition coefficient (Wildman–Crippen LogP) is 4.35. The van der Waals surface area contributed by atoms with Crippen molar-refractivity contribution in [1.82, 2.24) is 0 Å². The zero-order chi connectivity index (χ0) is 14.7. The maximum absolute atomic E-state index is 5.99.